The van der Waals surface area contributed by atoms with E-state index in [4.69, 9.17) is 4.74 Å². The Morgan fingerprint density at radius 3 is 2.43 bits per heavy atom. The highest BCUT2D eigenvalue weighted by Crippen LogP contribution is 2.40. The summed E-state index contributed by atoms with van der Waals surface area (Å²) >= 11 is 0. The van der Waals surface area contributed by atoms with Crippen LogP contribution in [0.15, 0.2) is 42.6 Å². The Kier molecular flexibility index (Phi) is 4.47. The minimum absolute atomic E-state index is 0.0133. The molecular formula is C15H13F3NO2. The van der Waals surface area contributed by atoms with Gasteiger partial charge >= 0.3 is 6.18 Å². The van der Waals surface area contributed by atoms with Gasteiger partial charge in [-0.05, 0) is 18.6 Å². The quantitative estimate of drug-likeness (QED) is 0.938. The summed E-state index contributed by atoms with van der Waals surface area (Å²) in [4.78, 5) is 3.55. The van der Waals surface area contributed by atoms with Crippen LogP contribution in [-0.4, -0.2) is 10.1 Å². The zero-order chi connectivity index (χ0) is 15.5. The first-order valence-corrected chi connectivity index (χ1v) is 6.13. The number of hydrogen-bond donors (Lipinski definition) is 1. The fourth-order valence-electron chi connectivity index (χ4n) is 1.85. The average Bonchev–Trinajstić information content (AvgIpc) is 2.44. The lowest BCUT2D eigenvalue weighted by molar-refractivity contribution is -0.140. The molecule has 1 N–H and O–H groups in total. The van der Waals surface area contributed by atoms with Crippen LogP contribution in [0.4, 0.5) is 13.2 Å². The van der Waals surface area contributed by atoms with Crippen LogP contribution in [0.25, 0.3) is 0 Å². The second-order valence-corrected chi connectivity index (χ2v) is 4.36. The Balaban J connectivity index is 2.33. The molecule has 0 aliphatic heterocycles. The maximum atomic E-state index is 13.1. The third-order valence-corrected chi connectivity index (χ3v) is 2.78. The van der Waals surface area contributed by atoms with Crippen molar-refractivity contribution in [3.05, 3.63) is 66.3 Å². The minimum atomic E-state index is -4.69. The van der Waals surface area contributed by atoms with Crippen molar-refractivity contribution >= 4 is 0 Å². The van der Waals surface area contributed by atoms with Crippen molar-refractivity contribution in [2.75, 3.05) is 0 Å². The van der Waals surface area contributed by atoms with Gasteiger partial charge in [0.1, 0.15) is 17.9 Å². The predicted octanol–water partition coefficient (Wildman–Crippen LogP) is 3.55. The number of alkyl halides is 3. The van der Waals surface area contributed by atoms with Crippen molar-refractivity contribution in [3.8, 4) is 5.75 Å². The van der Waals surface area contributed by atoms with Crippen molar-refractivity contribution in [2.24, 2.45) is 0 Å². The Hall–Kier alpha value is -2.08. The lowest BCUT2D eigenvalue weighted by atomic mass is 10.1. The summed E-state index contributed by atoms with van der Waals surface area (Å²) in [6.07, 6.45) is -5.12. The van der Waals surface area contributed by atoms with E-state index in [0.29, 0.717) is 0 Å². The molecule has 1 radical (unpaired) electrons. The summed E-state index contributed by atoms with van der Waals surface area (Å²) in [6, 6.07) is 9.94. The Labute approximate surface area is 120 Å². The van der Waals surface area contributed by atoms with Crippen molar-refractivity contribution in [2.45, 2.75) is 18.9 Å². The van der Waals surface area contributed by atoms with Gasteiger partial charge in [-0.3, -0.25) is 4.98 Å². The molecule has 0 spiro atoms. The molecule has 0 aliphatic rings. The molecule has 1 unspecified atom stereocenters. The van der Waals surface area contributed by atoms with Gasteiger partial charge in [-0.25, -0.2) is 0 Å². The molecular weight excluding hydrogens is 283 g/mol. The monoisotopic (exact) mass is 296 g/mol. The van der Waals surface area contributed by atoms with Gasteiger partial charge in [-0.2, -0.15) is 13.2 Å². The van der Waals surface area contributed by atoms with Crippen molar-refractivity contribution in [1.29, 1.82) is 0 Å². The van der Waals surface area contributed by atoms with E-state index in [-0.39, 0.29) is 12.4 Å². The zero-order valence-electron chi connectivity index (χ0n) is 11.0. The summed E-state index contributed by atoms with van der Waals surface area (Å²) in [5.41, 5.74) is -0.907. The summed E-state index contributed by atoms with van der Waals surface area (Å²) in [5, 5.41) is 9.35. The summed E-state index contributed by atoms with van der Waals surface area (Å²) < 4.78 is 44.6. The van der Waals surface area contributed by atoms with Crippen LogP contribution in [0.2, 0.25) is 0 Å². The second kappa shape index (κ2) is 6.13. The largest absolute Gasteiger partial charge is 0.488 e. The molecule has 6 heteroatoms. The average molecular weight is 296 g/mol. The van der Waals surface area contributed by atoms with E-state index in [1.165, 1.54) is 0 Å². The van der Waals surface area contributed by atoms with Crippen LogP contribution >= 0.6 is 0 Å². The highest BCUT2D eigenvalue weighted by molar-refractivity contribution is 5.39. The molecule has 0 fully saturated rings. The molecule has 0 saturated carbocycles. The van der Waals surface area contributed by atoms with Crippen LogP contribution in [0.5, 0.6) is 5.75 Å². The first kappa shape index (κ1) is 15.3. The smallest absolute Gasteiger partial charge is 0.421 e. The van der Waals surface area contributed by atoms with Crippen molar-refractivity contribution in [3.63, 3.8) is 0 Å². The number of aliphatic hydroxyl groups excluding tert-OH is 1. The fourth-order valence-corrected chi connectivity index (χ4v) is 1.85. The number of aromatic nitrogens is 1. The summed E-state index contributed by atoms with van der Waals surface area (Å²) in [7, 11) is 0. The maximum absolute atomic E-state index is 13.1. The van der Waals surface area contributed by atoms with E-state index in [9.17, 15) is 18.3 Å². The van der Waals surface area contributed by atoms with Crippen molar-refractivity contribution in [1.82, 2.24) is 4.98 Å². The third-order valence-electron chi connectivity index (χ3n) is 2.78. The molecule has 2 aromatic rings. The Morgan fingerprint density at radius 1 is 1.19 bits per heavy atom. The van der Waals surface area contributed by atoms with E-state index >= 15 is 0 Å². The molecule has 0 saturated heterocycles. The molecule has 0 aliphatic carbocycles. The van der Waals surface area contributed by atoms with E-state index in [0.717, 1.165) is 17.8 Å². The number of nitrogens with zero attached hydrogens (tertiary/aromatic N) is 1. The lowest BCUT2D eigenvalue weighted by Crippen LogP contribution is -2.15. The maximum Gasteiger partial charge on any atom is 0.421 e. The van der Waals surface area contributed by atoms with Gasteiger partial charge in [0.2, 0.25) is 0 Å². The van der Waals surface area contributed by atoms with Gasteiger partial charge in [0.15, 0.2) is 0 Å². The summed E-state index contributed by atoms with van der Waals surface area (Å²) in [5.74, 6) is -0.376. The standard InChI is InChI=1S/C15H13F3NO2/c1-10(20)14-13(15(16,17)18)12(7-8-19-14)21-9-11-5-3-2-4-6-11/h2-8,10,20H,1,9H2. The van der Waals surface area contributed by atoms with E-state index in [2.05, 4.69) is 11.9 Å². The first-order chi connectivity index (χ1) is 9.89. The number of benzene rings is 1. The number of rotatable bonds is 4. The predicted molar refractivity (Wildman–Crippen MR) is 70.3 cm³/mol. The molecule has 111 valence electrons. The normalized spacial score (nSPS) is 13.0. The van der Waals surface area contributed by atoms with E-state index < -0.39 is 23.5 Å². The van der Waals surface area contributed by atoms with Gasteiger partial charge < -0.3 is 9.84 Å². The van der Waals surface area contributed by atoms with Crippen LogP contribution in [0, 0.1) is 6.92 Å². The van der Waals surface area contributed by atoms with Crippen LogP contribution in [0.3, 0.4) is 0 Å². The van der Waals surface area contributed by atoms with Gasteiger partial charge in [0.05, 0.1) is 11.8 Å². The molecule has 1 heterocycles. The Bertz CT molecular complexity index is 598. The zero-order valence-corrected chi connectivity index (χ0v) is 11.0. The first-order valence-electron chi connectivity index (χ1n) is 6.13. The van der Waals surface area contributed by atoms with E-state index in [1.807, 2.05) is 0 Å². The number of ether oxygens (including phenoxy) is 1. The SMILES string of the molecule is [CH2]C(O)c1nccc(OCc2ccccc2)c1C(F)(F)F. The highest BCUT2D eigenvalue weighted by atomic mass is 19.4. The number of halogens is 3. The lowest BCUT2D eigenvalue weighted by Gasteiger charge is -2.18. The fraction of sp³-hybridized carbons (Fsp3) is 0.200. The topological polar surface area (TPSA) is 42.4 Å². The molecule has 0 amide bonds. The second-order valence-electron chi connectivity index (χ2n) is 4.36. The molecule has 1 aromatic heterocycles. The van der Waals surface area contributed by atoms with Crippen LogP contribution < -0.4 is 4.74 Å². The number of hydrogen-bond acceptors (Lipinski definition) is 3. The van der Waals surface area contributed by atoms with Gasteiger partial charge in [-0.1, -0.05) is 30.3 Å². The molecule has 0 bridgehead atoms. The number of aliphatic hydroxyl groups is 1. The summed E-state index contributed by atoms with van der Waals surface area (Å²) in [6.45, 7) is 3.17. The Morgan fingerprint density at radius 2 is 1.86 bits per heavy atom. The molecule has 2 rings (SSSR count). The van der Waals surface area contributed by atoms with E-state index in [1.54, 1.807) is 30.3 Å². The molecule has 1 aromatic carbocycles. The van der Waals surface area contributed by atoms with Crippen LogP contribution in [-0.2, 0) is 12.8 Å². The highest BCUT2D eigenvalue weighted by Gasteiger charge is 2.39. The van der Waals surface area contributed by atoms with Crippen LogP contribution in [0.1, 0.15) is 22.9 Å². The number of pyridine rings is 1. The molecule has 1 atom stereocenters. The van der Waals surface area contributed by atoms with Gasteiger partial charge in [-0.15, -0.1) is 0 Å². The van der Waals surface area contributed by atoms with Crippen molar-refractivity contribution < 1.29 is 23.0 Å². The third kappa shape index (κ3) is 3.72. The molecule has 3 nitrogen and oxygen atoms in total. The van der Waals surface area contributed by atoms with Gasteiger partial charge in [0, 0.05) is 6.20 Å². The minimum Gasteiger partial charge on any atom is -0.488 e. The van der Waals surface area contributed by atoms with Gasteiger partial charge in [0.25, 0.3) is 0 Å². The molecule has 21 heavy (non-hydrogen) atoms.